The third kappa shape index (κ3) is 4.60. The molecule has 0 aromatic heterocycles. The standard InChI is InChI=1S/C19H30N2/c1-4-20-19(16-11-8-6-5-7-9-12-16)17-13-10-14-18(15-17)21(2)3/h10-11,13-15,19-20H,4-9,12H2,1-3H3/b16-11+. The van der Waals surface area contributed by atoms with E-state index in [1.54, 1.807) is 5.57 Å². The molecule has 0 aliphatic heterocycles. The van der Waals surface area contributed by atoms with Crippen LogP contribution >= 0.6 is 0 Å². The molecule has 1 aliphatic rings. The zero-order valence-corrected chi connectivity index (χ0v) is 13.9. The van der Waals surface area contributed by atoms with Gasteiger partial charge in [-0.05, 0) is 49.9 Å². The Morgan fingerprint density at radius 3 is 2.71 bits per heavy atom. The van der Waals surface area contributed by atoms with Crippen molar-refractivity contribution in [1.82, 2.24) is 5.32 Å². The van der Waals surface area contributed by atoms with Crippen molar-refractivity contribution in [2.75, 3.05) is 25.5 Å². The number of hydrogen-bond acceptors (Lipinski definition) is 2. The molecule has 1 unspecified atom stereocenters. The van der Waals surface area contributed by atoms with Crippen molar-refractivity contribution >= 4 is 5.69 Å². The van der Waals surface area contributed by atoms with Gasteiger partial charge in [-0.3, -0.25) is 0 Å². The monoisotopic (exact) mass is 286 g/mol. The number of likely N-dealkylation sites (N-methyl/N-ethyl adjacent to an activating group) is 1. The Kier molecular flexibility index (Phi) is 6.31. The van der Waals surface area contributed by atoms with Gasteiger partial charge in [0.15, 0.2) is 0 Å². The highest BCUT2D eigenvalue weighted by Gasteiger charge is 2.16. The molecule has 1 aliphatic carbocycles. The van der Waals surface area contributed by atoms with E-state index in [2.05, 4.69) is 61.6 Å². The van der Waals surface area contributed by atoms with E-state index in [9.17, 15) is 0 Å². The minimum absolute atomic E-state index is 0.382. The van der Waals surface area contributed by atoms with Gasteiger partial charge in [-0.2, -0.15) is 0 Å². The molecule has 0 amide bonds. The van der Waals surface area contributed by atoms with E-state index in [1.165, 1.54) is 49.8 Å². The fourth-order valence-corrected chi connectivity index (χ4v) is 3.13. The lowest BCUT2D eigenvalue weighted by molar-refractivity contribution is 0.554. The molecule has 2 rings (SSSR count). The highest BCUT2D eigenvalue weighted by Crippen LogP contribution is 2.30. The van der Waals surface area contributed by atoms with Gasteiger partial charge in [0.1, 0.15) is 0 Å². The van der Waals surface area contributed by atoms with Gasteiger partial charge in [-0.25, -0.2) is 0 Å². The summed E-state index contributed by atoms with van der Waals surface area (Å²) in [5, 5.41) is 3.70. The number of rotatable bonds is 5. The third-order valence-electron chi connectivity index (χ3n) is 4.33. The number of nitrogens with zero attached hydrogens (tertiary/aromatic N) is 1. The lowest BCUT2D eigenvalue weighted by Gasteiger charge is -2.25. The van der Waals surface area contributed by atoms with Crippen LogP contribution in [0.3, 0.4) is 0 Å². The van der Waals surface area contributed by atoms with Crippen molar-refractivity contribution in [3.63, 3.8) is 0 Å². The van der Waals surface area contributed by atoms with Gasteiger partial charge in [0, 0.05) is 19.8 Å². The first-order chi connectivity index (χ1) is 10.2. The number of allylic oxidation sites excluding steroid dienone is 1. The highest BCUT2D eigenvalue weighted by molar-refractivity contribution is 5.49. The maximum atomic E-state index is 3.70. The Morgan fingerprint density at radius 1 is 1.14 bits per heavy atom. The summed E-state index contributed by atoms with van der Waals surface area (Å²) in [4.78, 5) is 2.18. The fourth-order valence-electron chi connectivity index (χ4n) is 3.13. The molecule has 0 saturated heterocycles. The molecular weight excluding hydrogens is 256 g/mol. The summed E-state index contributed by atoms with van der Waals surface area (Å²) >= 11 is 0. The molecule has 116 valence electrons. The lowest BCUT2D eigenvalue weighted by Crippen LogP contribution is -2.23. The van der Waals surface area contributed by atoms with Crippen molar-refractivity contribution in [2.45, 2.75) is 51.5 Å². The first kappa shape index (κ1) is 16.1. The molecular formula is C19H30N2. The molecule has 0 radical (unpaired) electrons. The summed E-state index contributed by atoms with van der Waals surface area (Å²) in [6, 6.07) is 9.33. The SMILES string of the molecule is CCNC(/C1=C/CCCCCC1)c1cccc(N(C)C)c1. The Morgan fingerprint density at radius 2 is 1.95 bits per heavy atom. The molecule has 1 atom stereocenters. The summed E-state index contributed by atoms with van der Waals surface area (Å²) in [5.74, 6) is 0. The van der Waals surface area contributed by atoms with Gasteiger partial charge >= 0.3 is 0 Å². The Bertz CT molecular complexity index is 462. The van der Waals surface area contributed by atoms with Crippen molar-refractivity contribution in [3.8, 4) is 0 Å². The molecule has 1 N–H and O–H groups in total. The van der Waals surface area contributed by atoms with Gasteiger partial charge < -0.3 is 10.2 Å². The maximum Gasteiger partial charge on any atom is 0.0536 e. The van der Waals surface area contributed by atoms with E-state index in [1.807, 2.05) is 0 Å². The smallest absolute Gasteiger partial charge is 0.0536 e. The summed E-state index contributed by atoms with van der Waals surface area (Å²) in [7, 11) is 4.22. The van der Waals surface area contributed by atoms with Gasteiger partial charge in [0.05, 0.1) is 6.04 Å². The van der Waals surface area contributed by atoms with Crippen molar-refractivity contribution in [3.05, 3.63) is 41.5 Å². The van der Waals surface area contributed by atoms with E-state index in [0.29, 0.717) is 6.04 Å². The minimum Gasteiger partial charge on any atom is -0.378 e. The molecule has 0 saturated carbocycles. The summed E-state index contributed by atoms with van der Waals surface area (Å²) in [6.07, 6.45) is 10.4. The van der Waals surface area contributed by atoms with Crippen molar-refractivity contribution < 1.29 is 0 Å². The van der Waals surface area contributed by atoms with E-state index in [4.69, 9.17) is 0 Å². The second-order valence-corrected chi connectivity index (χ2v) is 6.21. The van der Waals surface area contributed by atoms with Crippen LogP contribution in [0.2, 0.25) is 0 Å². The molecule has 2 heteroatoms. The number of anilines is 1. The molecule has 0 bridgehead atoms. The number of nitrogens with one attached hydrogen (secondary N) is 1. The largest absolute Gasteiger partial charge is 0.378 e. The predicted molar refractivity (Wildman–Crippen MR) is 93.0 cm³/mol. The van der Waals surface area contributed by atoms with Crippen LogP contribution in [-0.2, 0) is 0 Å². The van der Waals surface area contributed by atoms with Crippen LogP contribution in [0.15, 0.2) is 35.9 Å². The summed E-state index contributed by atoms with van der Waals surface area (Å²) < 4.78 is 0. The maximum absolute atomic E-state index is 3.70. The second kappa shape index (κ2) is 8.23. The van der Waals surface area contributed by atoms with Crippen LogP contribution in [0, 0.1) is 0 Å². The Balaban J connectivity index is 2.26. The zero-order valence-electron chi connectivity index (χ0n) is 13.9. The zero-order chi connectivity index (χ0) is 15.1. The average Bonchev–Trinajstić information content (AvgIpc) is 2.45. The predicted octanol–water partition coefficient (Wildman–Crippen LogP) is 4.68. The van der Waals surface area contributed by atoms with Crippen LogP contribution in [-0.4, -0.2) is 20.6 Å². The fraction of sp³-hybridized carbons (Fsp3) is 0.579. The first-order valence-corrected chi connectivity index (χ1v) is 8.42. The lowest BCUT2D eigenvalue weighted by atomic mass is 9.90. The van der Waals surface area contributed by atoms with Crippen LogP contribution < -0.4 is 10.2 Å². The van der Waals surface area contributed by atoms with Crippen LogP contribution in [0.1, 0.15) is 57.1 Å². The molecule has 1 aromatic carbocycles. The molecule has 0 fully saturated rings. The van der Waals surface area contributed by atoms with E-state index in [0.717, 1.165) is 6.54 Å². The van der Waals surface area contributed by atoms with Gasteiger partial charge in [0.2, 0.25) is 0 Å². The average molecular weight is 286 g/mol. The number of benzene rings is 1. The number of hydrogen-bond donors (Lipinski definition) is 1. The molecule has 21 heavy (non-hydrogen) atoms. The van der Waals surface area contributed by atoms with Crippen LogP contribution in [0.25, 0.3) is 0 Å². The molecule has 1 aromatic rings. The molecule has 2 nitrogen and oxygen atoms in total. The van der Waals surface area contributed by atoms with Gasteiger partial charge in [-0.15, -0.1) is 0 Å². The highest BCUT2D eigenvalue weighted by atomic mass is 15.1. The quantitative estimate of drug-likeness (QED) is 0.790. The van der Waals surface area contributed by atoms with Gasteiger partial charge in [-0.1, -0.05) is 43.5 Å². The van der Waals surface area contributed by atoms with Crippen molar-refractivity contribution in [2.24, 2.45) is 0 Å². The summed E-state index contributed by atoms with van der Waals surface area (Å²) in [5.41, 5.74) is 4.27. The normalized spacial score (nSPS) is 20.0. The van der Waals surface area contributed by atoms with Crippen molar-refractivity contribution in [1.29, 1.82) is 0 Å². The van der Waals surface area contributed by atoms with Crippen LogP contribution in [0.5, 0.6) is 0 Å². The van der Waals surface area contributed by atoms with Gasteiger partial charge in [0.25, 0.3) is 0 Å². The Labute approximate surface area is 130 Å². The van der Waals surface area contributed by atoms with E-state index in [-0.39, 0.29) is 0 Å². The molecule has 0 spiro atoms. The topological polar surface area (TPSA) is 15.3 Å². The summed E-state index contributed by atoms with van der Waals surface area (Å²) in [6.45, 7) is 3.21. The van der Waals surface area contributed by atoms with Crippen LogP contribution in [0.4, 0.5) is 5.69 Å². The third-order valence-corrected chi connectivity index (χ3v) is 4.33. The second-order valence-electron chi connectivity index (χ2n) is 6.21. The van der Waals surface area contributed by atoms with E-state index >= 15 is 0 Å². The minimum atomic E-state index is 0.382. The van der Waals surface area contributed by atoms with E-state index < -0.39 is 0 Å². The Hall–Kier alpha value is -1.28. The molecule has 0 heterocycles. The first-order valence-electron chi connectivity index (χ1n) is 8.42.